The van der Waals surface area contributed by atoms with Crippen LogP contribution in [-0.4, -0.2) is 16.4 Å². The van der Waals surface area contributed by atoms with Gasteiger partial charge in [-0.15, -0.1) is 0 Å². The van der Waals surface area contributed by atoms with E-state index in [1.807, 2.05) is 30.1 Å². The Labute approximate surface area is 125 Å². The third kappa shape index (κ3) is 2.66. The fourth-order valence-electron chi connectivity index (χ4n) is 3.09. The van der Waals surface area contributed by atoms with Gasteiger partial charge >= 0.3 is 0 Å². The van der Waals surface area contributed by atoms with Gasteiger partial charge in [0.25, 0.3) is 0 Å². The molecule has 2 atom stereocenters. The first-order valence-corrected chi connectivity index (χ1v) is 7.37. The molecule has 0 aliphatic carbocycles. The van der Waals surface area contributed by atoms with Gasteiger partial charge in [-0.2, -0.15) is 5.10 Å². The molecular weight excluding hydrogens is 264 g/mol. The van der Waals surface area contributed by atoms with Crippen LogP contribution >= 0.6 is 0 Å². The van der Waals surface area contributed by atoms with Gasteiger partial charge < -0.3 is 4.74 Å². The van der Waals surface area contributed by atoms with Gasteiger partial charge in [0.05, 0.1) is 12.8 Å². The van der Waals surface area contributed by atoms with E-state index in [9.17, 15) is 0 Å². The van der Waals surface area contributed by atoms with E-state index in [1.165, 1.54) is 11.1 Å². The lowest BCUT2D eigenvalue weighted by molar-refractivity contribution is 0.255. The number of ether oxygens (including phenoxy) is 1. The number of aryl methyl sites for hydroxylation is 1. The van der Waals surface area contributed by atoms with Crippen molar-refractivity contribution in [2.45, 2.75) is 31.7 Å². The summed E-state index contributed by atoms with van der Waals surface area (Å²) in [6, 6.07) is 8.39. The maximum absolute atomic E-state index is 5.80. The zero-order valence-corrected chi connectivity index (χ0v) is 12.5. The van der Waals surface area contributed by atoms with E-state index in [1.54, 1.807) is 0 Å². The number of hydrazine groups is 1. The second-order valence-electron chi connectivity index (χ2n) is 5.64. The molecule has 21 heavy (non-hydrogen) atoms. The van der Waals surface area contributed by atoms with Crippen molar-refractivity contribution in [2.75, 3.05) is 6.61 Å². The molecule has 3 rings (SSSR count). The maximum Gasteiger partial charge on any atom is 0.122 e. The smallest absolute Gasteiger partial charge is 0.122 e. The van der Waals surface area contributed by atoms with E-state index < -0.39 is 0 Å². The third-order valence-electron chi connectivity index (χ3n) is 4.45. The van der Waals surface area contributed by atoms with Gasteiger partial charge in [0, 0.05) is 24.3 Å². The minimum atomic E-state index is 0.106. The van der Waals surface area contributed by atoms with Crippen LogP contribution in [0.15, 0.2) is 30.5 Å². The molecule has 0 saturated carbocycles. The van der Waals surface area contributed by atoms with Gasteiger partial charge in [-0.3, -0.25) is 16.0 Å². The van der Waals surface area contributed by atoms with Crippen molar-refractivity contribution in [1.29, 1.82) is 0 Å². The Morgan fingerprint density at radius 3 is 3.00 bits per heavy atom. The fourth-order valence-corrected chi connectivity index (χ4v) is 3.09. The third-order valence-corrected chi connectivity index (χ3v) is 4.45. The average Bonchev–Trinajstić information content (AvgIpc) is 2.85. The van der Waals surface area contributed by atoms with Crippen LogP contribution in [0.4, 0.5) is 0 Å². The zero-order valence-electron chi connectivity index (χ0n) is 12.5. The second-order valence-corrected chi connectivity index (χ2v) is 5.64. The fraction of sp³-hybridized carbons (Fsp3) is 0.438. The largest absolute Gasteiger partial charge is 0.493 e. The Morgan fingerprint density at radius 2 is 2.29 bits per heavy atom. The van der Waals surface area contributed by atoms with Crippen LogP contribution in [0.1, 0.15) is 41.6 Å². The van der Waals surface area contributed by atoms with E-state index >= 15 is 0 Å². The summed E-state index contributed by atoms with van der Waals surface area (Å²) in [5.74, 6) is 7.26. The first-order chi connectivity index (χ1) is 10.2. The summed E-state index contributed by atoms with van der Waals surface area (Å²) in [6.07, 6.45) is 3.88. The lowest BCUT2D eigenvalue weighted by Gasteiger charge is -2.29. The SMILES string of the molecule is Cc1c(C(CC2CCOc3ccccc32)NN)cnn1C. The van der Waals surface area contributed by atoms with Crippen molar-refractivity contribution in [3.8, 4) is 5.75 Å². The monoisotopic (exact) mass is 286 g/mol. The summed E-state index contributed by atoms with van der Waals surface area (Å²) in [5.41, 5.74) is 6.56. The maximum atomic E-state index is 5.80. The highest BCUT2D eigenvalue weighted by Gasteiger charge is 2.26. The van der Waals surface area contributed by atoms with Gasteiger partial charge in [-0.25, -0.2) is 0 Å². The molecule has 0 amide bonds. The minimum Gasteiger partial charge on any atom is -0.493 e. The molecule has 1 aliphatic heterocycles. The Hall–Kier alpha value is -1.85. The molecular formula is C16H22N4O. The van der Waals surface area contributed by atoms with E-state index in [0.29, 0.717) is 5.92 Å². The van der Waals surface area contributed by atoms with Crippen LogP contribution in [0.2, 0.25) is 0 Å². The average molecular weight is 286 g/mol. The van der Waals surface area contributed by atoms with Gasteiger partial charge in [0.15, 0.2) is 0 Å². The molecule has 112 valence electrons. The van der Waals surface area contributed by atoms with Gasteiger partial charge in [-0.1, -0.05) is 18.2 Å². The number of fused-ring (bicyclic) bond motifs is 1. The molecule has 2 aromatic rings. The van der Waals surface area contributed by atoms with E-state index in [-0.39, 0.29) is 6.04 Å². The standard InChI is InChI=1S/C16H22N4O/c1-11-14(10-18-20(11)2)15(19-17)9-12-7-8-21-16-6-4-3-5-13(12)16/h3-6,10,12,15,19H,7-9,17H2,1-2H3. The van der Waals surface area contributed by atoms with Crippen molar-refractivity contribution in [2.24, 2.45) is 12.9 Å². The van der Waals surface area contributed by atoms with Crippen LogP contribution in [0.5, 0.6) is 5.75 Å². The molecule has 0 saturated heterocycles. The Morgan fingerprint density at radius 1 is 1.48 bits per heavy atom. The van der Waals surface area contributed by atoms with Crippen LogP contribution < -0.4 is 16.0 Å². The highest BCUT2D eigenvalue weighted by Crippen LogP contribution is 2.38. The Kier molecular flexibility index (Phi) is 3.94. The summed E-state index contributed by atoms with van der Waals surface area (Å²) in [7, 11) is 1.95. The molecule has 0 bridgehead atoms. The van der Waals surface area contributed by atoms with Crippen molar-refractivity contribution < 1.29 is 4.74 Å². The highest BCUT2D eigenvalue weighted by atomic mass is 16.5. The molecule has 0 spiro atoms. The van der Waals surface area contributed by atoms with Crippen molar-refractivity contribution in [1.82, 2.24) is 15.2 Å². The van der Waals surface area contributed by atoms with Crippen LogP contribution in [0, 0.1) is 6.92 Å². The van der Waals surface area contributed by atoms with E-state index in [4.69, 9.17) is 10.6 Å². The summed E-state index contributed by atoms with van der Waals surface area (Å²) < 4.78 is 7.62. The number of nitrogens with two attached hydrogens (primary N) is 1. The van der Waals surface area contributed by atoms with Crippen molar-refractivity contribution in [3.05, 3.63) is 47.3 Å². The van der Waals surface area contributed by atoms with Crippen LogP contribution in [0.3, 0.4) is 0 Å². The van der Waals surface area contributed by atoms with Crippen molar-refractivity contribution in [3.63, 3.8) is 0 Å². The number of benzene rings is 1. The summed E-state index contributed by atoms with van der Waals surface area (Å²) >= 11 is 0. The molecule has 2 heterocycles. The number of hydrogen-bond donors (Lipinski definition) is 2. The number of aromatic nitrogens is 2. The molecule has 5 heteroatoms. The van der Waals surface area contributed by atoms with Crippen LogP contribution in [-0.2, 0) is 7.05 Å². The molecule has 0 radical (unpaired) electrons. The number of nitrogens with zero attached hydrogens (tertiary/aromatic N) is 2. The number of hydrogen-bond acceptors (Lipinski definition) is 4. The van der Waals surface area contributed by atoms with Gasteiger partial charge in [0.1, 0.15) is 5.75 Å². The molecule has 2 unspecified atom stereocenters. The topological polar surface area (TPSA) is 65.1 Å². The quantitative estimate of drug-likeness (QED) is 0.668. The Bertz CT molecular complexity index is 622. The van der Waals surface area contributed by atoms with Crippen LogP contribution in [0.25, 0.3) is 0 Å². The second kappa shape index (κ2) is 5.87. The molecule has 1 aliphatic rings. The molecule has 1 aromatic heterocycles. The van der Waals surface area contributed by atoms with E-state index in [0.717, 1.165) is 30.9 Å². The first kappa shape index (κ1) is 14.1. The molecule has 1 aromatic carbocycles. The summed E-state index contributed by atoms with van der Waals surface area (Å²) in [6.45, 7) is 2.84. The predicted octanol–water partition coefficient (Wildman–Crippen LogP) is 2.19. The van der Waals surface area contributed by atoms with E-state index in [2.05, 4.69) is 29.6 Å². The number of para-hydroxylation sites is 1. The van der Waals surface area contributed by atoms with Gasteiger partial charge in [0.2, 0.25) is 0 Å². The molecule has 3 N–H and O–H groups in total. The molecule has 5 nitrogen and oxygen atoms in total. The number of rotatable bonds is 4. The summed E-state index contributed by atoms with van der Waals surface area (Å²) in [4.78, 5) is 0. The normalized spacial score (nSPS) is 18.9. The minimum absolute atomic E-state index is 0.106. The lowest BCUT2D eigenvalue weighted by Crippen LogP contribution is -2.30. The van der Waals surface area contributed by atoms with Crippen molar-refractivity contribution >= 4 is 0 Å². The number of nitrogens with one attached hydrogen (secondary N) is 1. The predicted molar refractivity (Wildman–Crippen MR) is 81.9 cm³/mol. The lowest BCUT2D eigenvalue weighted by atomic mass is 9.86. The Balaban J connectivity index is 1.84. The summed E-state index contributed by atoms with van der Waals surface area (Å²) in [5, 5.41) is 4.32. The first-order valence-electron chi connectivity index (χ1n) is 7.37. The molecule has 0 fully saturated rings. The zero-order chi connectivity index (χ0) is 14.8. The highest BCUT2D eigenvalue weighted by molar-refractivity contribution is 5.38. The van der Waals surface area contributed by atoms with Gasteiger partial charge in [-0.05, 0) is 37.3 Å².